The van der Waals surface area contributed by atoms with Crippen LogP contribution in [-0.2, 0) is 16.0 Å². The highest BCUT2D eigenvalue weighted by molar-refractivity contribution is 5.91. The molecule has 5 heteroatoms. The zero-order valence-corrected chi connectivity index (χ0v) is 12.8. The lowest BCUT2D eigenvalue weighted by molar-refractivity contribution is -0.131. The Morgan fingerprint density at radius 2 is 1.95 bits per heavy atom. The van der Waals surface area contributed by atoms with Crippen LogP contribution < -0.4 is 0 Å². The summed E-state index contributed by atoms with van der Waals surface area (Å²) in [6.07, 6.45) is 0.0961. The second-order valence-electron chi connectivity index (χ2n) is 5.37. The van der Waals surface area contributed by atoms with Gasteiger partial charge >= 0.3 is 5.97 Å². The zero-order valence-electron chi connectivity index (χ0n) is 12.8. The first-order chi connectivity index (χ1) is 9.95. The molecule has 0 aliphatic carbocycles. The quantitative estimate of drug-likeness (QED) is 0.796. The summed E-state index contributed by atoms with van der Waals surface area (Å²) >= 11 is 0. The van der Waals surface area contributed by atoms with Crippen molar-refractivity contribution in [2.24, 2.45) is 5.92 Å². The summed E-state index contributed by atoms with van der Waals surface area (Å²) < 4.78 is 5.03. The first-order valence-corrected chi connectivity index (χ1v) is 7.03. The predicted octanol–water partition coefficient (Wildman–Crippen LogP) is 2.06. The molecule has 0 atom stereocenters. The number of methoxy groups -OCH3 is 1. The van der Waals surface area contributed by atoms with E-state index in [2.05, 4.69) is 0 Å². The molecular weight excluding hydrogens is 270 g/mol. The molecule has 116 valence electrons. The van der Waals surface area contributed by atoms with Gasteiger partial charge in [-0.25, -0.2) is 4.79 Å². The van der Waals surface area contributed by atoms with E-state index in [0.29, 0.717) is 31.2 Å². The van der Waals surface area contributed by atoms with Crippen LogP contribution in [0.15, 0.2) is 24.3 Å². The van der Waals surface area contributed by atoms with E-state index in [1.165, 1.54) is 6.07 Å². The molecule has 0 heterocycles. The molecule has 1 aromatic carbocycles. The normalized spacial score (nSPS) is 10.7. The highest BCUT2D eigenvalue weighted by Crippen LogP contribution is 2.12. The Hall–Kier alpha value is -1.88. The topological polar surface area (TPSA) is 66.8 Å². The number of ether oxygens (including phenoxy) is 1. The number of carboxylic acid groups (broad SMARTS) is 1. The van der Waals surface area contributed by atoms with E-state index in [-0.39, 0.29) is 17.9 Å². The number of carbonyl (C=O) groups is 2. The molecule has 1 N–H and O–H groups in total. The SMILES string of the molecule is COCCN(CC(C)C)C(=O)Cc1ccccc1C(=O)O. The van der Waals surface area contributed by atoms with Gasteiger partial charge in [0.2, 0.25) is 5.91 Å². The Morgan fingerprint density at radius 1 is 1.29 bits per heavy atom. The van der Waals surface area contributed by atoms with E-state index in [9.17, 15) is 9.59 Å². The average molecular weight is 293 g/mol. The average Bonchev–Trinajstić information content (AvgIpc) is 2.43. The fourth-order valence-corrected chi connectivity index (χ4v) is 2.12. The van der Waals surface area contributed by atoms with Crippen LogP contribution in [0.25, 0.3) is 0 Å². The maximum absolute atomic E-state index is 12.4. The van der Waals surface area contributed by atoms with Crippen molar-refractivity contribution in [3.8, 4) is 0 Å². The number of nitrogens with zero attached hydrogens (tertiary/aromatic N) is 1. The van der Waals surface area contributed by atoms with Gasteiger partial charge in [-0.05, 0) is 17.5 Å². The molecule has 0 bridgehead atoms. The maximum Gasteiger partial charge on any atom is 0.335 e. The number of benzene rings is 1. The Balaban J connectivity index is 2.83. The molecule has 21 heavy (non-hydrogen) atoms. The molecular formula is C16H23NO4. The van der Waals surface area contributed by atoms with Crippen molar-refractivity contribution in [2.75, 3.05) is 26.8 Å². The van der Waals surface area contributed by atoms with Crippen LogP contribution >= 0.6 is 0 Å². The van der Waals surface area contributed by atoms with Gasteiger partial charge < -0.3 is 14.7 Å². The van der Waals surface area contributed by atoms with Gasteiger partial charge in [-0.1, -0.05) is 32.0 Å². The lowest BCUT2D eigenvalue weighted by atomic mass is 10.0. The minimum atomic E-state index is -1.01. The van der Waals surface area contributed by atoms with Crippen molar-refractivity contribution in [3.05, 3.63) is 35.4 Å². The number of hydrogen-bond donors (Lipinski definition) is 1. The first kappa shape index (κ1) is 17.2. The van der Waals surface area contributed by atoms with E-state index in [1.807, 2.05) is 13.8 Å². The molecule has 0 fully saturated rings. The van der Waals surface area contributed by atoms with Gasteiger partial charge in [0.25, 0.3) is 0 Å². The Labute approximate surface area is 125 Å². The summed E-state index contributed by atoms with van der Waals surface area (Å²) in [5.41, 5.74) is 0.725. The monoisotopic (exact) mass is 293 g/mol. The molecule has 0 aliphatic heterocycles. The molecule has 0 saturated heterocycles. The molecule has 0 unspecified atom stereocenters. The summed E-state index contributed by atoms with van der Waals surface area (Å²) in [7, 11) is 1.59. The van der Waals surface area contributed by atoms with Gasteiger partial charge in [0.1, 0.15) is 0 Å². The molecule has 5 nitrogen and oxygen atoms in total. The van der Waals surface area contributed by atoms with E-state index in [1.54, 1.807) is 30.2 Å². The third-order valence-corrected chi connectivity index (χ3v) is 3.09. The minimum absolute atomic E-state index is 0.0746. The van der Waals surface area contributed by atoms with Crippen LogP contribution in [0.1, 0.15) is 29.8 Å². The molecule has 0 aliphatic rings. The van der Waals surface area contributed by atoms with Crippen LogP contribution in [0.3, 0.4) is 0 Å². The number of hydrogen-bond acceptors (Lipinski definition) is 3. The zero-order chi connectivity index (χ0) is 15.8. The summed E-state index contributed by atoms with van der Waals surface area (Å²) in [6.45, 7) is 5.70. The van der Waals surface area contributed by atoms with Gasteiger partial charge in [0.05, 0.1) is 18.6 Å². The summed E-state index contributed by atoms with van der Waals surface area (Å²) in [5.74, 6) is -0.735. The summed E-state index contributed by atoms with van der Waals surface area (Å²) in [5, 5.41) is 9.16. The standard InChI is InChI=1S/C16H23NO4/c1-12(2)11-17(8-9-21-3)15(18)10-13-6-4-5-7-14(13)16(19)20/h4-7,12H,8-11H2,1-3H3,(H,19,20). The third-order valence-electron chi connectivity index (χ3n) is 3.09. The Morgan fingerprint density at radius 3 is 2.52 bits per heavy atom. The lowest BCUT2D eigenvalue weighted by Gasteiger charge is -2.24. The van der Waals surface area contributed by atoms with Crippen LogP contribution in [-0.4, -0.2) is 48.7 Å². The molecule has 1 rings (SSSR count). The Bertz CT molecular complexity index is 485. The summed E-state index contributed by atoms with van der Waals surface area (Å²) in [6, 6.07) is 6.61. The largest absolute Gasteiger partial charge is 0.478 e. The van der Waals surface area contributed by atoms with Gasteiger partial charge in [0.15, 0.2) is 0 Å². The van der Waals surface area contributed by atoms with Gasteiger partial charge in [-0.3, -0.25) is 4.79 Å². The van der Waals surface area contributed by atoms with Crippen LogP contribution in [0.4, 0.5) is 0 Å². The molecule has 0 saturated carbocycles. The number of aromatic carboxylic acids is 1. The minimum Gasteiger partial charge on any atom is -0.478 e. The van der Waals surface area contributed by atoms with Crippen molar-refractivity contribution in [2.45, 2.75) is 20.3 Å². The van der Waals surface area contributed by atoms with Crippen LogP contribution in [0, 0.1) is 5.92 Å². The Kier molecular flexibility index (Phi) is 6.88. The third kappa shape index (κ3) is 5.55. The second-order valence-corrected chi connectivity index (χ2v) is 5.37. The van der Waals surface area contributed by atoms with Crippen molar-refractivity contribution in [1.82, 2.24) is 4.90 Å². The van der Waals surface area contributed by atoms with E-state index in [4.69, 9.17) is 9.84 Å². The predicted molar refractivity (Wildman–Crippen MR) is 80.4 cm³/mol. The van der Waals surface area contributed by atoms with Crippen molar-refractivity contribution >= 4 is 11.9 Å². The molecule has 1 amide bonds. The van der Waals surface area contributed by atoms with Gasteiger partial charge in [-0.2, -0.15) is 0 Å². The molecule has 0 aromatic heterocycles. The first-order valence-electron chi connectivity index (χ1n) is 7.03. The second kappa shape index (κ2) is 8.42. The molecule has 0 spiro atoms. The molecule has 1 aromatic rings. The van der Waals surface area contributed by atoms with Crippen molar-refractivity contribution < 1.29 is 19.4 Å². The number of carboxylic acids is 1. The van der Waals surface area contributed by atoms with Crippen molar-refractivity contribution in [3.63, 3.8) is 0 Å². The van der Waals surface area contributed by atoms with E-state index < -0.39 is 5.97 Å². The number of amides is 1. The van der Waals surface area contributed by atoms with Crippen LogP contribution in [0.5, 0.6) is 0 Å². The summed E-state index contributed by atoms with van der Waals surface area (Å²) in [4.78, 5) is 25.3. The lowest BCUT2D eigenvalue weighted by Crippen LogP contribution is -2.37. The smallest absolute Gasteiger partial charge is 0.335 e. The van der Waals surface area contributed by atoms with E-state index in [0.717, 1.165) is 0 Å². The van der Waals surface area contributed by atoms with Crippen molar-refractivity contribution in [1.29, 1.82) is 0 Å². The highest BCUT2D eigenvalue weighted by atomic mass is 16.5. The fourth-order valence-electron chi connectivity index (χ4n) is 2.12. The van der Waals surface area contributed by atoms with Crippen LogP contribution in [0.2, 0.25) is 0 Å². The van der Waals surface area contributed by atoms with Gasteiger partial charge in [-0.15, -0.1) is 0 Å². The molecule has 0 radical (unpaired) electrons. The highest BCUT2D eigenvalue weighted by Gasteiger charge is 2.18. The number of carbonyl (C=O) groups excluding carboxylic acids is 1. The van der Waals surface area contributed by atoms with E-state index >= 15 is 0 Å². The van der Waals surface area contributed by atoms with Gasteiger partial charge in [0, 0.05) is 20.2 Å². The fraction of sp³-hybridized carbons (Fsp3) is 0.500. The number of rotatable bonds is 8. The maximum atomic E-state index is 12.4.